The zero-order valence-corrected chi connectivity index (χ0v) is 19.9. The van der Waals surface area contributed by atoms with E-state index in [1.807, 2.05) is 30.3 Å². The summed E-state index contributed by atoms with van der Waals surface area (Å²) in [5.41, 5.74) is 0.941. The SMILES string of the molecule is COc1cccc(-c2cc(N3CCN(c4ncccc4C(F)(F)F)CC3)nc(N3CCOCC3)n2)c1. The molecule has 2 fully saturated rings. The third kappa shape index (κ3) is 5.15. The van der Waals surface area contributed by atoms with Crippen molar-refractivity contribution in [2.24, 2.45) is 0 Å². The summed E-state index contributed by atoms with van der Waals surface area (Å²) >= 11 is 0. The molecule has 0 radical (unpaired) electrons. The van der Waals surface area contributed by atoms with E-state index >= 15 is 0 Å². The van der Waals surface area contributed by atoms with Crippen molar-refractivity contribution in [3.8, 4) is 17.0 Å². The number of ether oxygens (including phenoxy) is 2. The van der Waals surface area contributed by atoms with Crippen LogP contribution in [0.1, 0.15) is 5.56 Å². The number of aromatic nitrogens is 3. The van der Waals surface area contributed by atoms with Crippen molar-refractivity contribution in [1.82, 2.24) is 15.0 Å². The molecule has 0 bridgehead atoms. The van der Waals surface area contributed by atoms with Gasteiger partial charge in [-0.3, -0.25) is 0 Å². The molecule has 2 aromatic heterocycles. The molecule has 0 atom stereocenters. The number of piperazine rings is 1. The summed E-state index contributed by atoms with van der Waals surface area (Å²) in [6.07, 6.45) is -3.05. The Morgan fingerprint density at radius 1 is 0.861 bits per heavy atom. The van der Waals surface area contributed by atoms with Crippen molar-refractivity contribution in [3.63, 3.8) is 0 Å². The maximum Gasteiger partial charge on any atom is 0.419 e. The van der Waals surface area contributed by atoms with Crippen molar-refractivity contribution in [1.29, 1.82) is 0 Å². The lowest BCUT2D eigenvalue weighted by Gasteiger charge is -2.37. The summed E-state index contributed by atoms with van der Waals surface area (Å²) in [7, 11) is 1.62. The van der Waals surface area contributed by atoms with E-state index in [0.717, 1.165) is 28.9 Å². The standard InChI is InChI=1S/C25H27F3N6O2/c1-35-19-5-2-4-18(16-19)21-17-22(31-24(30-21)34-12-14-36-15-13-34)32-8-10-33(11-9-32)23-20(25(26,27)28)6-3-7-29-23/h2-7,16-17H,8-15H2,1H3. The van der Waals surface area contributed by atoms with Crippen LogP contribution >= 0.6 is 0 Å². The molecule has 0 unspecified atom stereocenters. The molecule has 0 N–H and O–H groups in total. The van der Waals surface area contributed by atoms with Gasteiger partial charge in [-0.05, 0) is 24.3 Å². The van der Waals surface area contributed by atoms with Gasteiger partial charge in [-0.1, -0.05) is 12.1 Å². The van der Waals surface area contributed by atoms with Gasteiger partial charge in [-0.2, -0.15) is 18.2 Å². The molecule has 2 aliphatic heterocycles. The zero-order chi connectivity index (χ0) is 25.1. The highest BCUT2D eigenvalue weighted by molar-refractivity contribution is 5.67. The average Bonchev–Trinajstić information content (AvgIpc) is 2.93. The highest BCUT2D eigenvalue weighted by atomic mass is 19.4. The fourth-order valence-electron chi connectivity index (χ4n) is 4.44. The predicted octanol–water partition coefficient (Wildman–Crippen LogP) is 3.73. The summed E-state index contributed by atoms with van der Waals surface area (Å²) in [6.45, 7) is 4.38. The van der Waals surface area contributed by atoms with E-state index in [-0.39, 0.29) is 5.82 Å². The third-order valence-electron chi connectivity index (χ3n) is 6.36. The Morgan fingerprint density at radius 2 is 1.61 bits per heavy atom. The Morgan fingerprint density at radius 3 is 2.33 bits per heavy atom. The fraction of sp³-hybridized carbons (Fsp3) is 0.400. The van der Waals surface area contributed by atoms with E-state index in [0.29, 0.717) is 58.4 Å². The van der Waals surface area contributed by atoms with Crippen LogP contribution in [-0.4, -0.2) is 74.5 Å². The Bertz CT molecular complexity index is 1190. The van der Waals surface area contributed by atoms with Gasteiger partial charge >= 0.3 is 6.18 Å². The van der Waals surface area contributed by atoms with E-state index < -0.39 is 11.7 Å². The number of alkyl halides is 3. The molecular weight excluding hydrogens is 473 g/mol. The van der Waals surface area contributed by atoms with Crippen LogP contribution in [0.2, 0.25) is 0 Å². The smallest absolute Gasteiger partial charge is 0.419 e. The average molecular weight is 501 g/mol. The third-order valence-corrected chi connectivity index (χ3v) is 6.36. The van der Waals surface area contributed by atoms with Crippen LogP contribution in [0.25, 0.3) is 11.3 Å². The highest BCUT2D eigenvalue weighted by Gasteiger charge is 2.36. The van der Waals surface area contributed by atoms with Gasteiger partial charge in [0.15, 0.2) is 0 Å². The second-order valence-corrected chi connectivity index (χ2v) is 8.59. The molecule has 1 aromatic carbocycles. The lowest BCUT2D eigenvalue weighted by atomic mass is 10.1. The normalized spacial score (nSPS) is 16.8. The molecule has 190 valence electrons. The molecule has 2 saturated heterocycles. The van der Waals surface area contributed by atoms with Gasteiger partial charge in [0.2, 0.25) is 5.95 Å². The molecule has 5 rings (SSSR count). The largest absolute Gasteiger partial charge is 0.497 e. The van der Waals surface area contributed by atoms with Crippen molar-refractivity contribution < 1.29 is 22.6 Å². The first-order chi connectivity index (χ1) is 17.4. The topological polar surface area (TPSA) is 66.9 Å². The molecular formula is C25H27F3N6O2. The number of nitrogens with zero attached hydrogens (tertiary/aromatic N) is 6. The van der Waals surface area contributed by atoms with E-state index in [2.05, 4.69) is 14.8 Å². The number of hydrogen-bond acceptors (Lipinski definition) is 8. The fourth-order valence-corrected chi connectivity index (χ4v) is 4.44. The molecule has 11 heteroatoms. The quantitative estimate of drug-likeness (QED) is 0.525. The number of pyridine rings is 1. The van der Waals surface area contributed by atoms with E-state index in [9.17, 15) is 13.2 Å². The van der Waals surface area contributed by atoms with Gasteiger partial charge < -0.3 is 24.2 Å². The first-order valence-corrected chi connectivity index (χ1v) is 11.8. The Balaban J connectivity index is 1.42. The summed E-state index contributed by atoms with van der Waals surface area (Å²) < 4.78 is 51.4. The second kappa shape index (κ2) is 10.2. The van der Waals surface area contributed by atoms with Gasteiger partial charge in [0.1, 0.15) is 17.4 Å². The van der Waals surface area contributed by atoms with Crippen LogP contribution in [0.15, 0.2) is 48.7 Å². The Hall–Kier alpha value is -3.60. The molecule has 0 spiro atoms. The van der Waals surface area contributed by atoms with Gasteiger partial charge in [0.25, 0.3) is 0 Å². The monoisotopic (exact) mass is 500 g/mol. The summed E-state index contributed by atoms with van der Waals surface area (Å²) in [5.74, 6) is 2.05. The second-order valence-electron chi connectivity index (χ2n) is 8.59. The van der Waals surface area contributed by atoms with Crippen molar-refractivity contribution in [3.05, 3.63) is 54.2 Å². The van der Waals surface area contributed by atoms with Crippen LogP contribution in [0.4, 0.5) is 30.8 Å². The number of morpholine rings is 1. The van der Waals surface area contributed by atoms with Crippen molar-refractivity contribution in [2.45, 2.75) is 6.18 Å². The lowest BCUT2D eigenvalue weighted by Crippen LogP contribution is -2.48. The molecule has 2 aliphatic rings. The zero-order valence-electron chi connectivity index (χ0n) is 19.9. The Labute approximate surface area is 207 Å². The molecule has 3 aromatic rings. The van der Waals surface area contributed by atoms with Crippen LogP contribution in [0, 0.1) is 0 Å². The Kier molecular flexibility index (Phi) is 6.82. The number of benzene rings is 1. The minimum Gasteiger partial charge on any atom is -0.497 e. The predicted molar refractivity (Wildman–Crippen MR) is 131 cm³/mol. The minimum atomic E-state index is -4.45. The number of hydrogen-bond donors (Lipinski definition) is 0. The lowest BCUT2D eigenvalue weighted by molar-refractivity contribution is -0.137. The molecule has 0 saturated carbocycles. The molecule has 8 nitrogen and oxygen atoms in total. The van der Waals surface area contributed by atoms with E-state index in [4.69, 9.17) is 19.4 Å². The number of rotatable bonds is 5. The van der Waals surface area contributed by atoms with Crippen molar-refractivity contribution >= 4 is 17.6 Å². The summed E-state index contributed by atoms with van der Waals surface area (Å²) in [4.78, 5) is 19.6. The van der Waals surface area contributed by atoms with E-state index in [1.165, 1.54) is 12.3 Å². The maximum absolute atomic E-state index is 13.5. The number of halogens is 3. The number of anilines is 3. The maximum atomic E-state index is 13.5. The van der Waals surface area contributed by atoms with Gasteiger partial charge in [0.05, 0.1) is 31.6 Å². The summed E-state index contributed by atoms with van der Waals surface area (Å²) in [6, 6.07) is 12.0. The first-order valence-electron chi connectivity index (χ1n) is 11.8. The summed E-state index contributed by atoms with van der Waals surface area (Å²) in [5, 5.41) is 0. The van der Waals surface area contributed by atoms with Crippen LogP contribution in [-0.2, 0) is 10.9 Å². The van der Waals surface area contributed by atoms with Gasteiger partial charge in [0, 0.05) is 57.1 Å². The molecule has 0 aliphatic carbocycles. The molecule has 0 amide bonds. The van der Waals surface area contributed by atoms with Crippen LogP contribution < -0.4 is 19.4 Å². The molecule has 4 heterocycles. The van der Waals surface area contributed by atoms with Crippen LogP contribution in [0.3, 0.4) is 0 Å². The van der Waals surface area contributed by atoms with Crippen LogP contribution in [0.5, 0.6) is 5.75 Å². The molecule has 36 heavy (non-hydrogen) atoms. The highest BCUT2D eigenvalue weighted by Crippen LogP contribution is 2.36. The number of methoxy groups -OCH3 is 1. The van der Waals surface area contributed by atoms with E-state index in [1.54, 1.807) is 12.0 Å². The first kappa shape index (κ1) is 24.1. The van der Waals surface area contributed by atoms with Crippen molar-refractivity contribution in [2.75, 3.05) is 74.3 Å². The van der Waals surface area contributed by atoms with Gasteiger partial charge in [-0.25, -0.2) is 9.97 Å². The van der Waals surface area contributed by atoms with Gasteiger partial charge in [-0.15, -0.1) is 0 Å². The minimum absolute atomic E-state index is 0.0292.